The maximum absolute atomic E-state index is 5.56. The molecule has 1 aliphatic rings. The van der Waals surface area contributed by atoms with E-state index in [9.17, 15) is 0 Å². The van der Waals surface area contributed by atoms with Gasteiger partial charge in [0, 0.05) is 25.5 Å². The minimum Gasteiger partial charge on any atom is -0.378 e. The number of aromatic nitrogens is 1. The Morgan fingerprint density at radius 3 is 3.00 bits per heavy atom. The van der Waals surface area contributed by atoms with E-state index in [1.165, 1.54) is 18.4 Å². The van der Waals surface area contributed by atoms with Gasteiger partial charge >= 0.3 is 0 Å². The molecule has 0 spiro atoms. The molecule has 3 nitrogen and oxygen atoms in total. The molecule has 1 N–H and O–H groups in total. The first-order chi connectivity index (χ1) is 7.45. The Hall–Kier alpha value is -0.930. The maximum Gasteiger partial charge on any atom is 0.0588 e. The first kappa shape index (κ1) is 10.6. The highest BCUT2D eigenvalue weighted by Crippen LogP contribution is 2.14. The van der Waals surface area contributed by atoms with Crippen LogP contribution in [0.1, 0.15) is 24.8 Å². The van der Waals surface area contributed by atoms with Crippen LogP contribution in [-0.2, 0) is 11.3 Å². The minimum absolute atomic E-state index is 0.495. The molecular formula is C12H18N2O. The molecular weight excluding hydrogens is 188 g/mol. The molecule has 0 radical (unpaired) electrons. The standard InChI is InChI=1S/C12H18N2O/c1-2-12(15-9-1)5-8-14-10-11-3-6-13-7-4-11/h3-4,6-7,12,14H,1-2,5,8-10H2. The van der Waals surface area contributed by atoms with Crippen molar-refractivity contribution in [3.8, 4) is 0 Å². The normalized spacial score (nSPS) is 20.7. The summed E-state index contributed by atoms with van der Waals surface area (Å²) in [4.78, 5) is 3.99. The molecule has 0 aliphatic carbocycles. The van der Waals surface area contributed by atoms with Crippen molar-refractivity contribution in [1.82, 2.24) is 10.3 Å². The Kier molecular flexibility index (Phi) is 4.11. The summed E-state index contributed by atoms with van der Waals surface area (Å²) in [5.74, 6) is 0. The van der Waals surface area contributed by atoms with Crippen molar-refractivity contribution >= 4 is 0 Å². The van der Waals surface area contributed by atoms with E-state index in [-0.39, 0.29) is 0 Å². The van der Waals surface area contributed by atoms with Gasteiger partial charge in [0.2, 0.25) is 0 Å². The Morgan fingerprint density at radius 2 is 2.27 bits per heavy atom. The van der Waals surface area contributed by atoms with E-state index in [0.29, 0.717) is 6.10 Å². The quantitative estimate of drug-likeness (QED) is 0.745. The van der Waals surface area contributed by atoms with Crippen LogP contribution in [0.15, 0.2) is 24.5 Å². The largest absolute Gasteiger partial charge is 0.378 e. The van der Waals surface area contributed by atoms with Crippen molar-refractivity contribution in [2.75, 3.05) is 13.2 Å². The SMILES string of the molecule is c1cc(CNCCC2CCCO2)ccn1. The highest BCUT2D eigenvalue weighted by atomic mass is 16.5. The van der Waals surface area contributed by atoms with Crippen LogP contribution in [0.4, 0.5) is 0 Å². The number of rotatable bonds is 5. The molecule has 1 saturated heterocycles. The third-order valence-corrected chi connectivity index (χ3v) is 2.75. The van der Waals surface area contributed by atoms with Crippen LogP contribution in [0.2, 0.25) is 0 Å². The smallest absolute Gasteiger partial charge is 0.0588 e. The fraction of sp³-hybridized carbons (Fsp3) is 0.583. The third kappa shape index (κ3) is 3.61. The first-order valence-electron chi connectivity index (χ1n) is 5.66. The van der Waals surface area contributed by atoms with Gasteiger partial charge in [-0.15, -0.1) is 0 Å². The molecule has 2 rings (SSSR count). The van der Waals surface area contributed by atoms with Gasteiger partial charge in [-0.25, -0.2) is 0 Å². The summed E-state index contributed by atoms with van der Waals surface area (Å²) >= 11 is 0. The van der Waals surface area contributed by atoms with E-state index in [4.69, 9.17) is 4.74 Å². The van der Waals surface area contributed by atoms with Crippen molar-refractivity contribution in [1.29, 1.82) is 0 Å². The topological polar surface area (TPSA) is 34.1 Å². The van der Waals surface area contributed by atoms with Crippen molar-refractivity contribution in [3.05, 3.63) is 30.1 Å². The van der Waals surface area contributed by atoms with Gasteiger partial charge in [-0.05, 0) is 43.5 Å². The summed E-state index contributed by atoms with van der Waals surface area (Å²) in [6.45, 7) is 2.91. The van der Waals surface area contributed by atoms with Crippen LogP contribution in [0.3, 0.4) is 0 Å². The van der Waals surface area contributed by atoms with Gasteiger partial charge in [0.15, 0.2) is 0 Å². The number of hydrogen-bond donors (Lipinski definition) is 1. The molecule has 2 heterocycles. The number of hydrogen-bond acceptors (Lipinski definition) is 3. The van der Waals surface area contributed by atoms with Crippen LogP contribution >= 0.6 is 0 Å². The van der Waals surface area contributed by atoms with E-state index in [2.05, 4.69) is 10.3 Å². The van der Waals surface area contributed by atoms with E-state index in [1.54, 1.807) is 0 Å². The summed E-state index contributed by atoms with van der Waals surface area (Å²) in [7, 11) is 0. The van der Waals surface area contributed by atoms with Crippen LogP contribution in [-0.4, -0.2) is 24.2 Å². The number of ether oxygens (including phenoxy) is 1. The first-order valence-corrected chi connectivity index (χ1v) is 5.66. The van der Waals surface area contributed by atoms with Gasteiger partial charge in [-0.1, -0.05) is 0 Å². The molecule has 1 atom stereocenters. The van der Waals surface area contributed by atoms with E-state index >= 15 is 0 Å². The van der Waals surface area contributed by atoms with Gasteiger partial charge < -0.3 is 10.1 Å². The zero-order valence-electron chi connectivity index (χ0n) is 8.98. The van der Waals surface area contributed by atoms with Crippen LogP contribution in [0, 0.1) is 0 Å². The van der Waals surface area contributed by atoms with Gasteiger partial charge in [-0.3, -0.25) is 4.98 Å². The molecule has 1 aromatic rings. The van der Waals surface area contributed by atoms with E-state index in [1.807, 2.05) is 24.5 Å². The van der Waals surface area contributed by atoms with Gasteiger partial charge in [0.05, 0.1) is 6.10 Å². The molecule has 0 amide bonds. The lowest BCUT2D eigenvalue weighted by molar-refractivity contribution is 0.104. The Bertz CT molecular complexity index is 270. The maximum atomic E-state index is 5.56. The van der Waals surface area contributed by atoms with Crippen molar-refractivity contribution in [3.63, 3.8) is 0 Å². The summed E-state index contributed by atoms with van der Waals surface area (Å²) in [5, 5.41) is 3.42. The molecule has 15 heavy (non-hydrogen) atoms. The molecule has 0 saturated carbocycles. The van der Waals surface area contributed by atoms with Gasteiger partial charge in [0.25, 0.3) is 0 Å². The monoisotopic (exact) mass is 206 g/mol. The molecule has 1 aromatic heterocycles. The van der Waals surface area contributed by atoms with Gasteiger partial charge in [-0.2, -0.15) is 0 Å². The average molecular weight is 206 g/mol. The Morgan fingerprint density at radius 1 is 1.40 bits per heavy atom. The molecule has 1 unspecified atom stereocenters. The zero-order valence-corrected chi connectivity index (χ0v) is 8.98. The highest BCUT2D eigenvalue weighted by Gasteiger charge is 2.14. The summed E-state index contributed by atoms with van der Waals surface area (Å²) in [6, 6.07) is 4.08. The van der Waals surface area contributed by atoms with Crippen molar-refractivity contribution < 1.29 is 4.74 Å². The Balaban J connectivity index is 1.59. The van der Waals surface area contributed by atoms with E-state index in [0.717, 1.165) is 26.1 Å². The predicted molar refractivity (Wildman–Crippen MR) is 59.5 cm³/mol. The van der Waals surface area contributed by atoms with Gasteiger partial charge in [0.1, 0.15) is 0 Å². The second-order valence-corrected chi connectivity index (χ2v) is 3.96. The highest BCUT2D eigenvalue weighted by molar-refractivity contribution is 5.08. The lowest BCUT2D eigenvalue weighted by Crippen LogP contribution is -2.19. The van der Waals surface area contributed by atoms with Crippen molar-refractivity contribution in [2.45, 2.75) is 31.9 Å². The molecule has 3 heteroatoms. The molecule has 0 aromatic carbocycles. The van der Waals surface area contributed by atoms with Crippen LogP contribution in [0.5, 0.6) is 0 Å². The van der Waals surface area contributed by atoms with Crippen LogP contribution < -0.4 is 5.32 Å². The number of nitrogens with zero attached hydrogens (tertiary/aromatic N) is 1. The second kappa shape index (κ2) is 5.83. The lowest BCUT2D eigenvalue weighted by Gasteiger charge is -2.09. The minimum atomic E-state index is 0.495. The third-order valence-electron chi connectivity index (χ3n) is 2.75. The second-order valence-electron chi connectivity index (χ2n) is 3.96. The zero-order chi connectivity index (χ0) is 10.3. The lowest BCUT2D eigenvalue weighted by atomic mass is 10.2. The molecule has 1 aliphatic heterocycles. The molecule has 0 bridgehead atoms. The summed E-state index contributed by atoms with van der Waals surface area (Å²) in [5.41, 5.74) is 1.29. The summed E-state index contributed by atoms with van der Waals surface area (Å²) < 4.78 is 5.56. The Labute approximate surface area is 90.9 Å². The fourth-order valence-corrected chi connectivity index (χ4v) is 1.87. The predicted octanol–water partition coefficient (Wildman–Crippen LogP) is 1.74. The number of pyridine rings is 1. The summed E-state index contributed by atoms with van der Waals surface area (Å²) in [6.07, 6.45) is 7.75. The fourth-order valence-electron chi connectivity index (χ4n) is 1.87. The molecule has 82 valence electrons. The van der Waals surface area contributed by atoms with Crippen molar-refractivity contribution in [2.24, 2.45) is 0 Å². The van der Waals surface area contributed by atoms with Crippen LogP contribution in [0.25, 0.3) is 0 Å². The average Bonchev–Trinajstić information content (AvgIpc) is 2.79. The van der Waals surface area contributed by atoms with E-state index < -0.39 is 0 Å². The number of nitrogens with one attached hydrogen (secondary N) is 1. The molecule has 1 fully saturated rings.